The number of carbonyl (C=O) groups excluding carboxylic acids is 2. The van der Waals surface area contributed by atoms with E-state index in [-0.39, 0.29) is 28.2 Å². The molecule has 0 spiro atoms. The van der Waals surface area contributed by atoms with E-state index >= 15 is 0 Å². The number of carbonyl (C=O) groups is 2. The van der Waals surface area contributed by atoms with E-state index in [2.05, 4.69) is 114 Å². The number of urea groups is 2. The van der Waals surface area contributed by atoms with Gasteiger partial charge < -0.3 is 31.5 Å². The second-order valence-corrected chi connectivity index (χ2v) is 21.8. The molecule has 0 radical (unpaired) electrons. The number of nitrogens with one attached hydrogen (secondary N) is 3. The molecule has 376 valence electrons. The number of amides is 4. The number of hydrogen-bond donors (Lipinski definition) is 4. The molecule has 16 nitrogen and oxygen atoms in total. The van der Waals surface area contributed by atoms with E-state index in [1.807, 2.05) is 56.5 Å². The molecule has 4 aliphatic rings. The van der Waals surface area contributed by atoms with Crippen molar-refractivity contribution in [3.8, 4) is 22.5 Å². The quantitative estimate of drug-likeness (QED) is 0.107. The molecule has 5 N–H and O–H groups in total. The molecule has 2 saturated heterocycles. The summed E-state index contributed by atoms with van der Waals surface area (Å²) in [6, 6.07) is 16.1. The van der Waals surface area contributed by atoms with Crippen molar-refractivity contribution in [2.24, 2.45) is 22.7 Å². The van der Waals surface area contributed by atoms with E-state index in [9.17, 15) is 9.59 Å². The van der Waals surface area contributed by atoms with E-state index < -0.39 is 0 Å². The summed E-state index contributed by atoms with van der Waals surface area (Å²) in [6.07, 6.45) is 13.6. The zero-order valence-corrected chi connectivity index (χ0v) is 43.5. The number of aryl methyl sites for hydroxylation is 4. The summed E-state index contributed by atoms with van der Waals surface area (Å²) in [7, 11) is 0. The number of anilines is 3. The topological polar surface area (TPSA) is 190 Å². The van der Waals surface area contributed by atoms with Gasteiger partial charge in [0.2, 0.25) is 11.2 Å². The fourth-order valence-corrected chi connectivity index (χ4v) is 9.97. The van der Waals surface area contributed by atoms with Gasteiger partial charge in [-0.1, -0.05) is 65.8 Å². The van der Waals surface area contributed by atoms with Crippen LogP contribution in [0.25, 0.3) is 22.5 Å². The van der Waals surface area contributed by atoms with Crippen LogP contribution in [0.4, 0.5) is 26.9 Å². The third-order valence-corrected chi connectivity index (χ3v) is 14.7. The maximum Gasteiger partial charge on any atom is 0.317 e. The molecule has 17 heteroatoms. The van der Waals surface area contributed by atoms with Crippen LogP contribution in [-0.4, -0.2) is 87.5 Å². The molecule has 71 heavy (non-hydrogen) atoms. The molecule has 0 bridgehead atoms. The lowest BCUT2D eigenvalue weighted by Crippen LogP contribution is -2.39. The number of benzene rings is 2. The van der Waals surface area contributed by atoms with Crippen molar-refractivity contribution in [3.05, 3.63) is 112 Å². The summed E-state index contributed by atoms with van der Waals surface area (Å²) in [5.41, 5.74) is 18.4. The minimum atomic E-state index is 0.0211. The van der Waals surface area contributed by atoms with Gasteiger partial charge in [-0.25, -0.2) is 29.5 Å². The molecular formula is C54H71ClN14O2. The number of rotatable bonds is 8. The zero-order chi connectivity index (χ0) is 50.5. The molecular weight excluding hydrogens is 912 g/mol. The number of nitrogen functional groups attached to an aromatic ring is 1. The van der Waals surface area contributed by atoms with Crippen molar-refractivity contribution < 1.29 is 9.59 Å². The van der Waals surface area contributed by atoms with Crippen LogP contribution in [0.3, 0.4) is 0 Å². The first-order valence-corrected chi connectivity index (χ1v) is 25.5. The SMILES string of the molecule is Cc1cc(-c2ccnc(Cl)n2)ccc1CNC(=O)N1CCC(C(C)(C)C)C1.Cc1cc(-c2ccnc(Nc3cnn4c3CCC4)n2)ccc1CNC(=O)N1CCC(C(C)(C)C)C1.Nc1cnn2c1CCC2. The Morgan fingerprint density at radius 1 is 0.676 bits per heavy atom. The van der Waals surface area contributed by atoms with Gasteiger partial charge in [-0.2, -0.15) is 10.2 Å². The van der Waals surface area contributed by atoms with Crippen molar-refractivity contribution in [1.82, 2.24) is 59.9 Å². The second kappa shape index (κ2) is 21.8. The van der Waals surface area contributed by atoms with Crippen LogP contribution in [-0.2, 0) is 39.0 Å². The Labute approximate surface area is 423 Å². The van der Waals surface area contributed by atoms with Gasteiger partial charge in [-0.3, -0.25) is 9.36 Å². The van der Waals surface area contributed by atoms with Gasteiger partial charge in [0.05, 0.1) is 46.5 Å². The van der Waals surface area contributed by atoms with Crippen LogP contribution >= 0.6 is 11.6 Å². The average Bonchev–Trinajstić information content (AvgIpc) is 4.20. The molecule has 2 aromatic carbocycles. The molecule has 2 fully saturated rings. The number of nitrogens with two attached hydrogens (primary N) is 1. The lowest BCUT2D eigenvalue weighted by atomic mass is 9.80. The highest BCUT2D eigenvalue weighted by atomic mass is 35.5. The Morgan fingerprint density at radius 3 is 1.69 bits per heavy atom. The smallest absolute Gasteiger partial charge is 0.317 e. The van der Waals surface area contributed by atoms with Crippen molar-refractivity contribution in [3.63, 3.8) is 0 Å². The number of likely N-dealkylation sites (tertiary alicyclic amines) is 2. The van der Waals surface area contributed by atoms with Crippen molar-refractivity contribution in [2.45, 2.75) is 120 Å². The minimum Gasteiger partial charge on any atom is -0.396 e. The predicted molar refractivity (Wildman–Crippen MR) is 281 cm³/mol. The van der Waals surface area contributed by atoms with Crippen molar-refractivity contribution in [2.75, 3.05) is 37.2 Å². The summed E-state index contributed by atoms with van der Waals surface area (Å²) in [5, 5.41) is 18.3. The normalized spacial score (nSPS) is 17.2. The second-order valence-electron chi connectivity index (χ2n) is 21.5. The standard InChI is InChI=1S/C27H35N7O.C21H27ClN4O.C6H9N3/c1-18-14-19(7-8-20(18)15-29-26(35)33-13-10-21(17-33)27(2,3)4)22-9-11-28-25(31-22)32-23-16-30-34-12-5-6-24(23)34;1-14-11-15(18-7-9-23-19(22)25-18)5-6-16(14)12-24-20(27)26-10-8-17(13-26)21(2,3)4;7-5-4-8-9-3-1-2-6(5)9/h7-9,11,14,16,21H,5-6,10,12-13,15,17H2,1-4H3,(H,29,35)(H,28,31,32);5-7,9,11,17H,8,10,12-13H2,1-4H3,(H,24,27);4H,1-3,7H2. The highest BCUT2D eigenvalue weighted by Gasteiger charge is 2.35. The van der Waals surface area contributed by atoms with E-state index in [1.165, 1.54) is 17.8 Å². The van der Waals surface area contributed by atoms with E-state index in [0.717, 1.165) is 128 Å². The Hall–Kier alpha value is -6.55. The molecule has 2 unspecified atom stereocenters. The molecule has 8 heterocycles. The largest absolute Gasteiger partial charge is 0.396 e. The first kappa shape index (κ1) is 50.8. The van der Waals surface area contributed by atoms with Crippen LogP contribution in [0.5, 0.6) is 0 Å². The summed E-state index contributed by atoms with van der Waals surface area (Å²) >= 11 is 5.88. The van der Waals surface area contributed by atoms with E-state index in [4.69, 9.17) is 22.3 Å². The Kier molecular flexibility index (Phi) is 15.6. The fourth-order valence-electron chi connectivity index (χ4n) is 9.83. The van der Waals surface area contributed by atoms with Crippen LogP contribution in [0.15, 0.2) is 73.3 Å². The molecule has 4 aliphatic heterocycles. The maximum atomic E-state index is 12.7. The molecule has 10 rings (SSSR count). The maximum absolute atomic E-state index is 12.7. The molecule has 4 amide bonds. The number of hydrogen-bond acceptors (Lipinski definition) is 10. The fraction of sp³-hybridized carbons (Fsp3) is 0.481. The van der Waals surface area contributed by atoms with E-state index in [0.29, 0.717) is 30.9 Å². The zero-order valence-electron chi connectivity index (χ0n) is 42.7. The Morgan fingerprint density at radius 2 is 1.18 bits per heavy atom. The lowest BCUT2D eigenvalue weighted by molar-refractivity contribution is 0.195. The molecule has 0 aliphatic carbocycles. The van der Waals surface area contributed by atoms with E-state index in [1.54, 1.807) is 18.6 Å². The molecule has 2 atom stereocenters. The van der Waals surface area contributed by atoms with Gasteiger partial charge in [0.1, 0.15) is 0 Å². The number of nitrogens with zero attached hydrogens (tertiary/aromatic N) is 10. The lowest BCUT2D eigenvalue weighted by Gasteiger charge is -2.27. The third kappa shape index (κ3) is 12.7. The average molecular weight is 984 g/mol. The number of aromatic nitrogens is 8. The van der Waals surface area contributed by atoms with Crippen molar-refractivity contribution in [1.29, 1.82) is 0 Å². The first-order valence-electron chi connectivity index (χ1n) is 25.1. The number of fused-ring (bicyclic) bond motifs is 2. The summed E-state index contributed by atoms with van der Waals surface area (Å²) in [6.45, 7) is 24.0. The molecule has 6 aromatic rings. The Bertz CT molecular complexity index is 2830. The number of halogens is 1. The first-order chi connectivity index (χ1) is 33.9. The van der Waals surface area contributed by atoms with Gasteiger partial charge in [-0.15, -0.1) is 0 Å². The van der Waals surface area contributed by atoms with Gasteiger partial charge in [0.15, 0.2) is 0 Å². The summed E-state index contributed by atoms with van der Waals surface area (Å²) < 4.78 is 4.02. The Balaban J connectivity index is 0.000000165. The van der Waals surface area contributed by atoms with Crippen molar-refractivity contribution >= 4 is 41.0 Å². The van der Waals surface area contributed by atoms with Gasteiger partial charge in [0, 0.05) is 75.9 Å². The van der Waals surface area contributed by atoms with Gasteiger partial charge in [0.25, 0.3) is 0 Å². The van der Waals surface area contributed by atoms with Gasteiger partial charge in [-0.05, 0) is 133 Å². The minimum absolute atomic E-state index is 0.0211. The van der Waals surface area contributed by atoms with Crippen LogP contribution < -0.4 is 21.7 Å². The highest BCUT2D eigenvalue weighted by molar-refractivity contribution is 6.28. The summed E-state index contributed by atoms with van der Waals surface area (Å²) in [5.74, 6) is 1.68. The molecule has 0 saturated carbocycles. The van der Waals surface area contributed by atoms with Crippen LogP contribution in [0, 0.1) is 36.5 Å². The van der Waals surface area contributed by atoms with Crippen LogP contribution in [0.1, 0.15) is 101 Å². The van der Waals surface area contributed by atoms with Crippen LogP contribution in [0.2, 0.25) is 5.28 Å². The summed E-state index contributed by atoms with van der Waals surface area (Å²) in [4.78, 5) is 46.4. The van der Waals surface area contributed by atoms with Gasteiger partial charge >= 0.3 is 12.1 Å². The predicted octanol–water partition coefficient (Wildman–Crippen LogP) is 10.0. The third-order valence-electron chi connectivity index (χ3n) is 14.6. The molecule has 4 aromatic heterocycles. The monoisotopic (exact) mass is 983 g/mol. The highest BCUT2D eigenvalue weighted by Crippen LogP contribution is 2.35.